The number of oxazole rings is 1. The molecule has 0 saturated carbocycles. The van der Waals surface area contributed by atoms with Crippen molar-refractivity contribution in [1.82, 2.24) is 15.4 Å². The zero-order chi connectivity index (χ0) is 11.5. The number of carbonyl (C=O) groups excluding carboxylic acids is 1. The van der Waals surface area contributed by atoms with E-state index in [2.05, 4.69) is 9.97 Å². The van der Waals surface area contributed by atoms with Gasteiger partial charge in [-0.05, 0) is 19.1 Å². The second-order valence-corrected chi connectivity index (χ2v) is 3.20. The zero-order valence-electron chi connectivity index (χ0n) is 8.60. The number of nitrogens with two attached hydrogens (primary N) is 1. The maximum absolute atomic E-state index is 11.3. The standard InChI is InChI=1S/C10H10N4O2/c1-6-5-16-10(13-6)8-4-7(2-3-12-8)9(15)14-11/h2-5H,11H2,1H3,(H,14,15). The smallest absolute Gasteiger partial charge is 0.265 e. The predicted octanol–water partition coefficient (Wildman–Crippen LogP) is 0.649. The maximum Gasteiger partial charge on any atom is 0.265 e. The van der Waals surface area contributed by atoms with Crippen LogP contribution in [0.15, 0.2) is 29.0 Å². The van der Waals surface area contributed by atoms with Crippen molar-refractivity contribution in [3.8, 4) is 11.6 Å². The third-order valence-electron chi connectivity index (χ3n) is 1.99. The third-order valence-corrected chi connectivity index (χ3v) is 1.99. The highest BCUT2D eigenvalue weighted by Crippen LogP contribution is 2.16. The molecule has 0 aliphatic carbocycles. The number of aryl methyl sites for hydroxylation is 1. The fraction of sp³-hybridized carbons (Fsp3) is 0.100. The van der Waals surface area contributed by atoms with Crippen LogP contribution < -0.4 is 11.3 Å². The number of hydrogen-bond donors (Lipinski definition) is 2. The molecule has 2 rings (SSSR count). The van der Waals surface area contributed by atoms with Gasteiger partial charge < -0.3 is 4.42 Å². The van der Waals surface area contributed by atoms with E-state index in [0.717, 1.165) is 5.69 Å². The van der Waals surface area contributed by atoms with Crippen molar-refractivity contribution in [3.63, 3.8) is 0 Å². The summed E-state index contributed by atoms with van der Waals surface area (Å²) in [5.74, 6) is 5.03. The summed E-state index contributed by atoms with van der Waals surface area (Å²) < 4.78 is 5.18. The number of hydrogen-bond acceptors (Lipinski definition) is 5. The average Bonchev–Trinajstić information content (AvgIpc) is 2.75. The van der Waals surface area contributed by atoms with Crippen LogP contribution >= 0.6 is 0 Å². The molecule has 0 spiro atoms. The van der Waals surface area contributed by atoms with Gasteiger partial charge in [0.25, 0.3) is 5.91 Å². The molecule has 3 N–H and O–H groups in total. The first-order valence-electron chi connectivity index (χ1n) is 4.60. The summed E-state index contributed by atoms with van der Waals surface area (Å²) in [7, 11) is 0. The van der Waals surface area contributed by atoms with Gasteiger partial charge in [0, 0.05) is 11.8 Å². The highest BCUT2D eigenvalue weighted by Gasteiger charge is 2.09. The molecule has 2 aromatic heterocycles. The largest absolute Gasteiger partial charge is 0.443 e. The van der Waals surface area contributed by atoms with Crippen molar-refractivity contribution < 1.29 is 9.21 Å². The van der Waals surface area contributed by atoms with Crippen LogP contribution in [0.5, 0.6) is 0 Å². The van der Waals surface area contributed by atoms with Crippen LogP contribution in [0.25, 0.3) is 11.6 Å². The van der Waals surface area contributed by atoms with Crippen LogP contribution in [0.1, 0.15) is 16.1 Å². The molecule has 0 fully saturated rings. The molecular weight excluding hydrogens is 208 g/mol. The van der Waals surface area contributed by atoms with Gasteiger partial charge in [0.1, 0.15) is 12.0 Å². The number of rotatable bonds is 2. The minimum absolute atomic E-state index is 0.379. The minimum atomic E-state index is -0.382. The van der Waals surface area contributed by atoms with Crippen LogP contribution in [0.3, 0.4) is 0 Å². The summed E-state index contributed by atoms with van der Waals surface area (Å²) in [6, 6.07) is 3.12. The number of nitrogens with zero attached hydrogens (tertiary/aromatic N) is 2. The van der Waals surface area contributed by atoms with Gasteiger partial charge in [-0.3, -0.25) is 15.2 Å². The van der Waals surface area contributed by atoms with Crippen LogP contribution in [0.4, 0.5) is 0 Å². The van der Waals surface area contributed by atoms with E-state index >= 15 is 0 Å². The highest BCUT2D eigenvalue weighted by atomic mass is 16.3. The summed E-state index contributed by atoms with van der Waals surface area (Å²) in [4.78, 5) is 19.5. The average molecular weight is 218 g/mol. The molecular formula is C10H10N4O2. The number of pyridine rings is 1. The van der Waals surface area contributed by atoms with Crippen molar-refractivity contribution in [2.24, 2.45) is 5.84 Å². The number of aromatic nitrogens is 2. The van der Waals surface area contributed by atoms with Crippen molar-refractivity contribution in [2.75, 3.05) is 0 Å². The number of nitrogen functional groups attached to an aromatic ring is 1. The van der Waals surface area contributed by atoms with Gasteiger partial charge in [0.15, 0.2) is 0 Å². The predicted molar refractivity (Wildman–Crippen MR) is 56.1 cm³/mol. The van der Waals surface area contributed by atoms with Crippen molar-refractivity contribution in [2.45, 2.75) is 6.92 Å². The monoisotopic (exact) mass is 218 g/mol. The first-order valence-corrected chi connectivity index (χ1v) is 4.60. The maximum atomic E-state index is 11.3. The fourth-order valence-corrected chi connectivity index (χ4v) is 1.24. The van der Waals surface area contributed by atoms with E-state index in [1.807, 2.05) is 12.3 Å². The van der Waals surface area contributed by atoms with E-state index in [-0.39, 0.29) is 5.91 Å². The number of amides is 1. The third kappa shape index (κ3) is 1.91. The van der Waals surface area contributed by atoms with E-state index in [0.29, 0.717) is 17.1 Å². The van der Waals surface area contributed by atoms with Gasteiger partial charge in [0.2, 0.25) is 5.89 Å². The fourth-order valence-electron chi connectivity index (χ4n) is 1.24. The summed E-state index contributed by atoms with van der Waals surface area (Å²) >= 11 is 0. The number of hydrazine groups is 1. The Kier molecular flexibility index (Phi) is 2.65. The van der Waals surface area contributed by atoms with E-state index in [4.69, 9.17) is 10.3 Å². The SMILES string of the molecule is Cc1coc(-c2cc(C(=O)NN)ccn2)n1. The second kappa shape index (κ2) is 4.11. The Labute approximate surface area is 91.5 Å². The van der Waals surface area contributed by atoms with Gasteiger partial charge >= 0.3 is 0 Å². The molecule has 1 amide bonds. The van der Waals surface area contributed by atoms with E-state index in [1.165, 1.54) is 12.5 Å². The van der Waals surface area contributed by atoms with Crippen LogP contribution in [-0.2, 0) is 0 Å². The summed E-state index contributed by atoms with van der Waals surface area (Å²) in [5, 5.41) is 0. The van der Waals surface area contributed by atoms with E-state index in [1.54, 1.807) is 12.1 Å². The first-order chi connectivity index (χ1) is 7.70. The van der Waals surface area contributed by atoms with Crippen molar-refractivity contribution in [1.29, 1.82) is 0 Å². The molecule has 6 nitrogen and oxygen atoms in total. The number of carbonyl (C=O) groups is 1. The lowest BCUT2D eigenvalue weighted by molar-refractivity contribution is 0.0953. The molecule has 6 heteroatoms. The molecule has 0 aromatic carbocycles. The van der Waals surface area contributed by atoms with E-state index < -0.39 is 0 Å². The van der Waals surface area contributed by atoms with Gasteiger partial charge in [-0.1, -0.05) is 0 Å². The van der Waals surface area contributed by atoms with E-state index in [9.17, 15) is 4.79 Å². The first kappa shape index (κ1) is 10.3. The highest BCUT2D eigenvalue weighted by molar-refractivity contribution is 5.94. The minimum Gasteiger partial charge on any atom is -0.443 e. The van der Waals surface area contributed by atoms with Crippen LogP contribution in [-0.4, -0.2) is 15.9 Å². The van der Waals surface area contributed by atoms with Gasteiger partial charge in [-0.2, -0.15) is 0 Å². The molecule has 2 heterocycles. The molecule has 0 saturated heterocycles. The molecule has 0 radical (unpaired) electrons. The summed E-state index contributed by atoms with van der Waals surface area (Å²) in [5.41, 5.74) is 3.70. The molecule has 0 atom stereocenters. The summed E-state index contributed by atoms with van der Waals surface area (Å²) in [6.45, 7) is 1.81. The molecule has 0 aliphatic rings. The molecule has 0 unspecified atom stereocenters. The lowest BCUT2D eigenvalue weighted by Crippen LogP contribution is -2.29. The Morgan fingerprint density at radius 1 is 1.56 bits per heavy atom. The Hall–Kier alpha value is -2.21. The van der Waals surface area contributed by atoms with Crippen LogP contribution in [0.2, 0.25) is 0 Å². The van der Waals surface area contributed by atoms with Gasteiger partial charge in [-0.15, -0.1) is 0 Å². The normalized spacial score (nSPS) is 10.1. The van der Waals surface area contributed by atoms with Crippen molar-refractivity contribution >= 4 is 5.91 Å². The Balaban J connectivity index is 2.39. The number of nitrogens with one attached hydrogen (secondary N) is 1. The zero-order valence-corrected chi connectivity index (χ0v) is 8.60. The molecule has 82 valence electrons. The molecule has 0 aliphatic heterocycles. The molecule has 2 aromatic rings. The molecule has 0 bridgehead atoms. The van der Waals surface area contributed by atoms with Gasteiger partial charge in [0.05, 0.1) is 5.69 Å². The van der Waals surface area contributed by atoms with Gasteiger partial charge in [-0.25, -0.2) is 10.8 Å². The Morgan fingerprint density at radius 3 is 3.00 bits per heavy atom. The quantitative estimate of drug-likeness (QED) is 0.438. The summed E-state index contributed by atoms with van der Waals surface area (Å²) in [6.07, 6.45) is 3.02. The van der Waals surface area contributed by atoms with Crippen LogP contribution in [0, 0.1) is 6.92 Å². The Morgan fingerprint density at radius 2 is 2.38 bits per heavy atom. The second-order valence-electron chi connectivity index (χ2n) is 3.20. The molecule has 16 heavy (non-hydrogen) atoms. The lowest BCUT2D eigenvalue weighted by Gasteiger charge is -2.00. The topological polar surface area (TPSA) is 94.0 Å². The Bertz CT molecular complexity index is 521. The van der Waals surface area contributed by atoms with Crippen molar-refractivity contribution in [3.05, 3.63) is 35.9 Å². The lowest BCUT2D eigenvalue weighted by atomic mass is 10.2.